The van der Waals surface area contributed by atoms with Crippen molar-refractivity contribution in [3.63, 3.8) is 0 Å². The van der Waals surface area contributed by atoms with Crippen LogP contribution in [0, 0.1) is 11.8 Å². The van der Waals surface area contributed by atoms with Crippen LogP contribution < -0.4 is 0 Å². The van der Waals surface area contributed by atoms with E-state index in [1.54, 1.807) is 30.3 Å². The molecule has 0 spiro atoms. The van der Waals surface area contributed by atoms with Gasteiger partial charge in [-0.05, 0) is 29.3 Å². The highest BCUT2D eigenvalue weighted by atomic mass is 79.9. The van der Waals surface area contributed by atoms with Gasteiger partial charge < -0.3 is 9.47 Å². The maximum absolute atomic E-state index is 13.4. The van der Waals surface area contributed by atoms with E-state index in [-0.39, 0.29) is 6.61 Å². The van der Waals surface area contributed by atoms with Crippen molar-refractivity contribution in [2.45, 2.75) is 18.4 Å². The minimum Gasteiger partial charge on any atom is -0.462 e. The third-order valence-corrected chi connectivity index (χ3v) is 5.84. The summed E-state index contributed by atoms with van der Waals surface area (Å²) in [5.74, 6) is -3.28. The number of benzene rings is 2. The van der Waals surface area contributed by atoms with Gasteiger partial charge in [-0.1, -0.05) is 58.4 Å². The Morgan fingerprint density at radius 2 is 1.68 bits per heavy atom. The van der Waals surface area contributed by atoms with Gasteiger partial charge in [-0.2, -0.15) is 13.2 Å². The molecule has 0 unspecified atom stereocenters. The van der Waals surface area contributed by atoms with Crippen molar-refractivity contribution >= 4 is 21.9 Å². The van der Waals surface area contributed by atoms with E-state index in [1.807, 2.05) is 30.3 Å². The summed E-state index contributed by atoms with van der Waals surface area (Å²) in [4.78, 5) is 12.3. The van der Waals surface area contributed by atoms with Crippen LogP contribution in [-0.4, -0.2) is 31.0 Å². The standard InChI is InChI=1S/C21H16BrF3O3/c22-16-10-17-15(18(19(16)28-17)21(23,24)25)11-27-20(26)14-8-6-13(7-9-14)12-4-2-1-3-5-12/h1-10,15,17-19H,11H2/t15-,17+,18+,19-/m0/s1. The zero-order valence-electron chi connectivity index (χ0n) is 14.5. The van der Waals surface area contributed by atoms with Crippen LogP contribution in [0.2, 0.25) is 0 Å². The molecule has 28 heavy (non-hydrogen) atoms. The summed E-state index contributed by atoms with van der Waals surface area (Å²) in [6.07, 6.45) is -4.58. The molecule has 1 saturated heterocycles. The van der Waals surface area contributed by atoms with Crippen LogP contribution in [0.15, 0.2) is 65.2 Å². The molecule has 0 aromatic heterocycles. The van der Waals surface area contributed by atoms with Crippen molar-refractivity contribution in [3.8, 4) is 11.1 Å². The van der Waals surface area contributed by atoms with Crippen LogP contribution in [-0.2, 0) is 9.47 Å². The van der Waals surface area contributed by atoms with Crippen molar-refractivity contribution in [2.24, 2.45) is 11.8 Å². The first-order chi connectivity index (χ1) is 13.3. The quantitative estimate of drug-likeness (QED) is 0.585. The molecular weight excluding hydrogens is 437 g/mol. The molecule has 1 fully saturated rings. The lowest BCUT2D eigenvalue weighted by Crippen LogP contribution is -2.40. The lowest BCUT2D eigenvalue weighted by atomic mass is 9.83. The molecule has 0 radical (unpaired) electrons. The highest BCUT2D eigenvalue weighted by Crippen LogP contribution is 2.51. The average molecular weight is 453 g/mol. The highest BCUT2D eigenvalue weighted by molar-refractivity contribution is 9.11. The molecule has 2 bridgehead atoms. The molecule has 4 atom stereocenters. The van der Waals surface area contributed by atoms with Gasteiger partial charge in [0.2, 0.25) is 0 Å². The maximum Gasteiger partial charge on any atom is 0.395 e. The van der Waals surface area contributed by atoms with Gasteiger partial charge in [-0.15, -0.1) is 0 Å². The van der Waals surface area contributed by atoms with Gasteiger partial charge >= 0.3 is 12.1 Å². The molecular formula is C21H16BrF3O3. The number of esters is 1. The lowest BCUT2D eigenvalue weighted by Gasteiger charge is -2.28. The molecule has 2 aliphatic heterocycles. The van der Waals surface area contributed by atoms with Gasteiger partial charge in [0.25, 0.3) is 0 Å². The summed E-state index contributed by atoms with van der Waals surface area (Å²) in [6, 6.07) is 16.4. The lowest BCUT2D eigenvalue weighted by molar-refractivity contribution is -0.192. The second kappa shape index (κ2) is 7.37. The van der Waals surface area contributed by atoms with E-state index in [9.17, 15) is 18.0 Å². The van der Waals surface area contributed by atoms with E-state index in [2.05, 4.69) is 15.9 Å². The van der Waals surface area contributed by atoms with Gasteiger partial charge in [0.1, 0.15) is 6.10 Å². The highest BCUT2D eigenvalue weighted by Gasteiger charge is 2.60. The van der Waals surface area contributed by atoms with Crippen LogP contribution in [0.25, 0.3) is 11.1 Å². The summed E-state index contributed by atoms with van der Waals surface area (Å²) in [7, 11) is 0. The number of hydrogen-bond donors (Lipinski definition) is 0. The largest absolute Gasteiger partial charge is 0.462 e. The normalized spacial score (nSPS) is 26.2. The number of ether oxygens (including phenoxy) is 2. The fourth-order valence-electron chi connectivity index (χ4n) is 3.73. The molecule has 2 heterocycles. The molecule has 0 N–H and O–H groups in total. The Bertz CT molecular complexity index is 893. The molecule has 7 heteroatoms. The number of carbonyl (C=O) groups is 1. The number of fused-ring (bicyclic) bond motifs is 2. The third kappa shape index (κ3) is 3.61. The second-order valence-electron chi connectivity index (χ2n) is 6.85. The molecule has 0 aliphatic carbocycles. The number of alkyl halides is 3. The van der Waals surface area contributed by atoms with E-state index >= 15 is 0 Å². The third-order valence-electron chi connectivity index (χ3n) is 5.12. The predicted octanol–water partition coefficient (Wildman–Crippen LogP) is 5.36. The van der Waals surface area contributed by atoms with E-state index in [0.29, 0.717) is 10.0 Å². The monoisotopic (exact) mass is 452 g/mol. The van der Waals surface area contributed by atoms with E-state index in [0.717, 1.165) is 11.1 Å². The molecule has 2 aromatic carbocycles. The summed E-state index contributed by atoms with van der Waals surface area (Å²) in [5.41, 5.74) is 2.24. The maximum atomic E-state index is 13.4. The average Bonchev–Trinajstić information content (AvgIpc) is 3.23. The summed E-state index contributed by atoms with van der Waals surface area (Å²) < 4.78 is 51.3. The number of halogens is 4. The van der Waals surface area contributed by atoms with Crippen LogP contribution >= 0.6 is 15.9 Å². The molecule has 2 aliphatic rings. The summed E-state index contributed by atoms with van der Waals surface area (Å²) in [5, 5.41) is 0. The molecule has 2 aromatic rings. The smallest absolute Gasteiger partial charge is 0.395 e. The van der Waals surface area contributed by atoms with Crippen molar-refractivity contribution < 1.29 is 27.4 Å². The molecule has 4 rings (SSSR count). The van der Waals surface area contributed by atoms with Crippen molar-refractivity contribution in [1.29, 1.82) is 0 Å². The molecule has 146 valence electrons. The van der Waals surface area contributed by atoms with Crippen molar-refractivity contribution in [2.75, 3.05) is 6.61 Å². The first-order valence-electron chi connectivity index (χ1n) is 8.76. The summed E-state index contributed by atoms with van der Waals surface area (Å²) in [6.45, 7) is -0.346. The second-order valence-corrected chi connectivity index (χ2v) is 7.76. The van der Waals surface area contributed by atoms with Gasteiger partial charge in [0.15, 0.2) is 0 Å². The Labute approximate surface area is 168 Å². The van der Waals surface area contributed by atoms with Crippen molar-refractivity contribution in [1.82, 2.24) is 0 Å². The minimum absolute atomic E-state index is 0.295. The predicted molar refractivity (Wildman–Crippen MR) is 101 cm³/mol. The fraction of sp³-hybridized carbons (Fsp3) is 0.286. The van der Waals surface area contributed by atoms with Crippen molar-refractivity contribution in [3.05, 3.63) is 70.7 Å². The van der Waals surface area contributed by atoms with E-state index in [4.69, 9.17) is 9.47 Å². The van der Waals surface area contributed by atoms with Gasteiger partial charge in [-0.25, -0.2) is 4.79 Å². The Morgan fingerprint density at radius 1 is 1.04 bits per heavy atom. The Kier molecular flexibility index (Phi) is 5.05. The van der Waals surface area contributed by atoms with Gasteiger partial charge in [0, 0.05) is 10.4 Å². The Morgan fingerprint density at radius 3 is 2.32 bits per heavy atom. The number of rotatable bonds is 4. The van der Waals surface area contributed by atoms with Crippen LogP contribution in [0.3, 0.4) is 0 Å². The zero-order valence-corrected chi connectivity index (χ0v) is 16.1. The van der Waals surface area contributed by atoms with Gasteiger partial charge in [0.05, 0.1) is 24.2 Å². The molecule has 0 saturated carbocycles. The SMILES string of the molecule is O=C(OC[C@@H]1[C@@H](C(F)(F)F)[C@H]2O[C@@H]1C=C2Br)c1ccc(-c2ccccc2)cc1. The first kappa shape index (κ1) is 19.2. The van der Waals surface area contributed by atoms with Crippen LogP contribution in [0.4, 0.5) is 13.2 Å². The molecule has 0 amide bonds. The first-order valence-corrected chi connectivity index (χ1v) is 9.56. The van der Waals surface area contributed by atoms with E-state index < -0.39 is 36.2 Å². The Hall–Kier alpha value is -2.12. The number of hydrogen-bond acceptors (Lipinski definition) is 3. The zero-order chi connectivity index (χ0) is 19.9. The summed E-state index contributed by atoms with van der Waals surface area (Å²) >= 11 is 3.13. The van der Waals surface area contributed by atoms with E-state index in [1.165, 1.54) is 0 Å². The number of carbonyl (C=O) groups excluding carboxylic acids is 1. The topological polar surface area (TPSA) is 35.5 Å². The van der Waals surface area contributed by atoms with Gasteiger partial charge in [-0.3, -0.25) is 0 Å². The minimum atomic E-state index is -4.43. The Balaban J connectivity index is 1.43. The van der Waals surface area contributed by atoms with Crippen LogP contribution in [0.1, 0.15) is 10.4 Å². The molecule has 3 nitrogen and oxygen atoms in total. The van der Waals surface area contributed by atoms with Crippen LogP contribution in [0.5, 0.6) is 0 Å². The fourth-order valence-corrected chi connectivity index (χ4v) is 4.39.